The van der Waals surface area contributed by atoms with E-state index in [1.54, 1.807) is 38.1 Å². The highest BCUT2D eigenvalue weighted by molar-refractivity contribution is 7.89. The molecule has 0 unspecified atom stereocenters. The molecule has 0 aliphatic heterocycles. The van der Waals surface area contributed by atoms with Crippen LogP contribution in [-0.2, 0) is 10.0 Å². The molecule has 0 aliphatic carbocycles. The number of hydrogen-bond donors (Lipinski definition) is 2. The number of benzene rings is 2. The van der Waals surface area contributed by atoms with Gasteiger partial charge in [-0.25, -0.2) is 13.1 Å². The van der Waals surface area contributed by atoms with E-state index in [1.807, 2.05) is 6.92 Å². The fourth-order valence-electron chi connectivity index (χ4n) is 2.41. The standard InChI is InChI=1S/C19H24N2O5S/c1-5-26-16-9-7-15(8-10-16)20-19(22)14-6-11-17(25-4)18(12-14)27(23,24)21-13(2)3/h6-13,21H,5H2,1-4H3,(H,20,22). The Morgan fingerprint density at radius 2 is 1.78 bits per heavy atom. The molecule has 0 atom stereocenters. The molecule has 0 radical (unpaired) electrons. The van der Waals surface area contributed by atoms with Crippen LogP contribution in [0.1, 0.15) is 31.1 Å². The molecule has 2 N–H and O–H groups in total. The van der Waals surface area contributed by atoms with Gasteiger partial charge in [-0.15, -0.1) is 0 Å². The molecular formula is C19H24N2O5S. The molecule has 0 saturated carbocycles. The highest BCUT2D eigenvalue weighted by Crippen LogP contribution is 2.26. The van der Waals surface area contributed by atoms with Crippen molar-refractivity contribution in [3.63, 3.8) is 0 Å². The van der Waals surface area contributed by atoms with Gasteiger partial charge in [0, 0.05) is 17.3 Å². The first-order valence-corrected chi connectivity index (χ1v) is 9.99. The van der Waals surface area contributed by atoms with Gasteiger partial charge in [-0.1, -0.05) is 0 Å². The summed E-state index contributed by atoms with van der Waals surface area (Å²) in [5.41, 5.74) is 0.776. The van der Waals surface area contributed by atoms with Gasteiger partial charge in [0.15, 0.2) is 0 Å². The molecule has 8 heteroatoms. The molecule has 0 heterocycles. The van der Waals surface area contributed by atoms with Gasteiger partial charge in [0.2, 0.25) is 10.0 Å². The van der Waals surface area contributed by atoms with Crippen molar-refractivity contribution in [1.29, 1.82) is 0 Å². The first kappa shape index (κ1) is 20.7. The van der Waals surface area contributed by atoms with Crippen LogP contribution in [0.3, 0.4) is 0 Å². The van der Waals surface area contributed by atoms with Crippen LogP contribution >= 0.6 is 0 Å². The lowest BCUT2D eigenvalue weighted by molar-refractivity contribution is 0.102. The summed E-state index contributed by atoms with van der Waals surface area (Å²) in [4.78, 5) is 12.4. The Kier molecular flexibility index (Phi) is 6.81. The predicted molar refractivity (Wildman–Crippen MR) is 104 cm³/mol. The van der Waals surface area contributed by atoms with Crippen molar-refractivity contribution < 1.29 is 22.7 Å². The molecule has 0 saturated heterocycles. The minimum absolute atomic E-state index is 0.0851. The quantitative estimate of drug-likeness (QED) is 0.720. The van der Waals surface area contributed by atoms with Crippen LogP contribution in [-0.4, -0.2) is 34.1 Å². The van der Waals surface area contributed by atoms with E-state index < -0.39 is 15.9 Å². The molecule has 0 spiro atoms. The van der Waals surface area contributed by atoms with Gasteiger partial charge in [-0.3, -0.25) is 4.79 Å². The van der Waals surface area contributed by atoms with Crippen LogP contribution < -0.4 is 19.5 Å². The molecule has 2 aromatic carbocycles. The van der Waals surface area contributed by atoms with Crippen LogP contribution in [0.25, 0.3) is 0 Å². The molecule has 0 fully saturated rings. The zero-order valence-electron chi connectivity index (χ0n) is 15.8. The minimum Gasteiger partial charge on any atom is -0.495 e. The molecule has 7 nitrogen and oxygen atoms in total. The number of anilines is 1. The van der Waals surface area contributed by atoms with Crippen LogP contribution in [0.15, 0.2) is 47.4 Å². The Labute approximate surface area is 159 Å². The van der Waals surface area contributed by atoms with E-state index in [0.29, 0.717) is 18.0 Å². The van der Waals surface area contributed by atoms with E-state index in [1.165, 1.54) is 25.3 Å². The van der Waals surface area contributed by atoms with Crippen molar-refractivity contribution in [2.75, 3.05) is 19.0 Å². The highest BCUT2D eigenvalue weighted by atomic mass is 32.2. The summed E-state index contributed by atoms with van der Waals surface area (Å²) in [7, 11) is -2.44. The van der Waals surface area contributed by atoms with Crippen LogP contribution in [0, 0.1) is 0 Å². The molecule has 146 valence electrons. The molecule has 1 amide bonds. The predicted octanol–water partition coefficient (Wildman–Crippen LogP) is 3.03. The highest BCUT2D eigenvalue weighted by Gasteiger charge is 2.22. The van der Waals surface area contributed by atoms with Crippen molar-refractivity contribution in [2.24, 2.45) is 0 Å². The largest absolute Gasteiger partial charge is 0.495 e. The number of carbonyl (C=O) groups excluding carboxylic acids is 1. The topological polar surface area (TPSA) is 93.7 Å². The smallest absolute Gasteiger partial charge is 0.255 e. The number of nitrogens with one attached hydrogen (secondary N) is 2. The minimum atomic E-state index is -3.81. The van der Waals surface area contributed by atoms with Gasteiger partial charge in [-0.05, 0) is 63.2 Å². The third-order valence-electron chi connectivity index (χ3n) is 3.53. The maximum atomic E-state index is 12.5. The second-order valence-electron chi connectivity index (χ2n) is 6.05. The van der Waals surface area contributed by atoms with Gasteiger partial charge >= 0.3 is 0 Å². The summed E-state index contributed by atoms with van der Waals surface area (Å²) in [6, 6.07) is 10.9. The zero-order chi connectivity index (χ0) is 20.0. The summed E-state index contributed by atoms with van der Waals surface area (Å²) < 4.78 is 38.0. The maximum Gasteiger partial charge on any atom is 0.255 e. The normalized spacial score (nSPS) is 11.3. The molecular weight excluding hydrogens is 368 g/mol. The fourth-order valence-corrected chi connectivity index (χ4v) is 3.85. The molecule has 0 aliphatic rings. The summed E-state index contributed by atoms with van der Waals surface area (Å²) in [5, 5.41) is 2.73. The van der Waals surface area contributed by atoms with Crippen molar-refractivity contribution in [2.45, 2.75) is 31.7 Å². The lowest BCUT2D eigenvalue weighted by atomic mass is 10.2. The van der Waals surface area contributed by atoms with E-state index in [2.05, 4.69) is 10.0 Å². The number of amides is 1. The van der Waals surface area contributed by atoms with E-state index in [0.717, 1.165) is 0 Å². The van der Waals surface area contributed by atoms with Crippen LogP contribution in [0.2, 0.25) is 0 Å². The summed E-state index contributed by atoms with van der Waals surface area (Å²) in [6.07, 6.45) is 0. The number of sulfonamides is 1. The van der Waals surface area contributed by atoms with Crippen molar-refractivity contribution in [1.82, 2.24) is 4.72 Å². The zero-order valence-corrected chi connectivity index (χ0v) is 16.6. The maximum absolute atomic E-state index is 12.5. The first-order chi connectivity index (χ1) is 12.8. The second-order valence-corrected chi connectivity index (χ2v) is 7.74. The average molecular weight is 392 g/mol. The number of carbonyl (C=O) groups is 1. The summed E-state index contributed by atoms with van der Waals surface area (Å²) in [6.45, 7) is 5.87. The number of hydrogen-bond acceptors (Lipinski definition) is 5. The van der Waals surface area contributed by atoms with E-state index >= 15 is 0 Å². The molecule has 2 rings (SSSR count). The van der Waals surface area contributed by atoms with Gasteiger partial charge in [0.25, 0.3) is 5.91 Å². The number of methoxy groups -OCH3 is 1. The fraction of sp³-hybridized carbons (Fsp3) is 0.316. The SMILES string of the molecule is CCOc1ccc(NC(=O)c2ccc(OC)c(S(=O)(=O)NC(C)C)c2)cc1. The van der Waals surface area contributed by atoms with Gasteiger partial charge in [0.05, 0.1) is 13.7 Å². The van der Waals surface area contributed by atoms with Crippen molar-refractivity contribution in [3.05, 3.63) is 48.0 Å². The molecule has 2 aromatic rings. The average Bonchev–Trinajstić information content (AvgIpc) is 2.62. The summed E-state index contributed by atoms with van der Waals surface area (Å²) in [5.74, 6) is 0.441. The van der Waals surface area contributed by atoms with Crippen LogP contribution in [0.5, 0.6) is 11.5 Å². The molecule has 0 aromatic heterocycles. The second kappa shape index (κ2) is 8.88. The molecule has 0 bridgehead atoms. The Balaban J connectivity index is 2.27. The number of rotatable bonds is 8. The lowest BCUT2D eigenvalue weighted by Crippen LogP contribution is -2.30. The Morgan fingerprint density at radius 1 is 1.11 bits per heavy atom. The van der Waals surface area contributed by atoms with Crippen molar-refractivity contribution >= 4 is 21.6 Å². The third kappa shape index (κ3) is 5.45. The van der Waals surface area contributed by atoms with E-state index in [-0.39, 0.29) is 22.3 Å². The monoisotopic (exact) mass is 392 g/mol. The Bertz CT molecular complexity index is 893. The lowest BCUT2D eigenvalue weighted by Gasteiger charge is -2.14. The summed E-state index contributed by atoms with van der Waals surface area (Å²) >= 11 is 0. The van der Waals surface area contributed by atoms with E-state index in [4.69, 9.17) is 9.47 Å². The van der Waals surface area contributed by atoms with Gasteiger partial charge in [0.1, 0.15) is 16.4 Å². The van der Waals surface area contributed by atoms with Gasteiger partial charge in [-0.2, -0.15) is 0 Å². The first-order valence-electron chi connectivity index (χ1n) is 8.51. The Morgan fingerprint density at radius 3 is 2.33 bits per heavy atom. The number of ether oxygens (including phenoxy) is 2. The van der Waals surface area contributed by atoms with E-state index in [9.17, 15) is 13.2 Å². The van der Waals surface area contributed by atoms with Crippen LogP contribution in [0.4, 0.5) is 5.69 Å². The van der Waals surface area contributed by atoms with Crippen molar-refractivity contribution in [3.8, 4) is 11.5 Å². The molecule has 27 heavy (non-hydrogen) atoms. The Hall–Kier alpha value is -2.58. The third-order valence-corrected chi connectivity index (χ3v) is 5.21. The van der Waals surface area contributed by atoms with Gasteiger partial charge < -0.3 is 14.8 Å².